The molecule has 2 saturated heterocycles. The summed E-state index contributed by atoms with van der Waals surface area (Å²) in [5.41, 5.74) is -0.474. The fourth-order valence-electron chi connectivity index (χ4n) is 3.68. The maximum absolute atomic E-state index is 12.1. The highest BCUT2D eigenvalue weighted by atomic mass is 16.6. The third kappa shape index (κ3) is 3.55. The number of nitrogens with one attached hydrogen (secondary N) is 2. The van der Waals surface area contributed by atoms with Gasteiger partial charge in [-0.15, -0.1) is 0 Å². The van der Waals surface area contributed by atoms with Crippen molar-refractivity contribution >= 4 is 6.09 Å². The first-order chi connectivity index (χ1) is 10.4. The van der Waals surface area contributed by atoms with Crippen molar-refractivity contribution in [3.63, 3.8) is 0 Å². The topological polar surface area (TPSA) is 68.8 Å². The van der Waals surface area contributed by atoms with Gasteiger partial charge in [-0.1, -0.05) is 0 Å². The van der Waals surface area contributed by atoms with Crippen LogP contribution in [0.15, 0.2) is 0 Å². The van der Waals surface area contributed by atoms with Gasteiger partial charge in [0.1, 0.15) is 5.60 Å². The van der Waals surface area contributed by atoms with Crippen LogP contribution in [0.3, 0.4) is 0 Å². The predicted octanol–water partition coefficient (Wildman–Crippen LogP) is 1.44. The van der Waals surface area contributed by atoms with Gasteiger partial charge in [0.25, 0.3) is 0 Å². The molecular weight excluding hydrogens is 284 g/mol. The molecule has 5 atom stereocenters. The highest BCUT2D eigenvalue weighted by molar-refractivity contribution is 5.68. The van der Waals surface area contributed by atoms with E-state index in [0.29, 0.717) is 12.0 Å². The SMILES string of the molecule is CC(C)(C)OC(=O)NC1C2CCCOC2C1NC1CCOC1. The van der Waals surface area contributed by atoms with E-state index in [1.165, 1.54) is 0 Å². The van der Waals surface area contributed by atoms with Gasteiger partial charge in [0.2, 0.25) is 0 Å². The van der Waals surface area contributed by atoms with E-state index in [1.807, 2.05) is 20.8 Å². The Morgan fingerprint density at radius 3 is 2.68 bits per heavy atom. The van der Waals surface area contributed by atoms with E-state index in [1.54, 1.807) is 0 Å². The lowest BCUT2D eigenvalue weighted by molar-refractivity contribution is -0.130. The van der Waals surface area contributed by atoms with Crippen LogP contribution in [0.1, 0.15) is 40.0 Å². The predicted molar refractivity (Wildman–Crippen MR) is 81.8 cm³/mol. The zero-order valence-corrected chi connectivity index (χ0v) is 13.8. The van der Waals surface area contributed by atoms with Crippen molar-refractivity contribution in [2.24, 2.45) is 5.92 Å². The van der Waals surface area contributed by atoms with Crippen LogP contribution in [0.2, 0.25) is 0 Å². The number of amides is 1. The standard InChI is InChI=1S/C16H28N2O4/c1-16(2,3)22-15(19)18-12-11-5-4-7-21-14(11)13(12)17-10-6-8-20-9-10/h10-14,17H,4-9H2,1-3H3,(H,18,19). The van der Waals surface area contributed by atoms with Crippen LogP contribution >= 0.6 is 0 Å². The fraction of sp³-hybridized carbons (Fsp3) is 0.938. The summed E-state index contributed by atoms with van der Waals surface area (Å²) in [6, 6.07) is 0.602. The molecule has 5 unspecified atom stereocenters. The molecule has 6 nitrogen and oxygen atoms in total. The Bertz CT molecular complexity index is 403. The molecule has 6 heteroatoms. The lowest BCUT2D eigenvalue weighted by Crippen LogP contribution is -2.74. The van der Waals surface area contributed by atoms with E-state index in [-0.39, 0.29) is 24.3 Å². The van der Waals surface area contributed by atoms with Crippen molar-refractivity contribution in [3.8, 4) is 0 Å². The summed E-state index contributed by atoms with van der Waals surface area (Å²) in [5.74, 6) is 0.390. The summed E-state index contributed by atoms with van der Waals surface area (Å²) < 4.78 is 16.7. The maximum atomic E-state index is 12.1. The molecule has 1 aliphatic carbocycles. The van der Waals surface area contributed by atoms with Gasteiger partial charge in [0, 0.05) is 25.2 Å². The van der Waals surface area contributed by atoms with Gasteiger partial charge in [0.15, 0.2) is 0 Å². The van der Waals surface area contributed by atoms with E-state index >= 15 is 0 Å². The Morgan fingerprint density at radius 1 is 1.18 bits per heavy atom. The molecule has 0 bridgehead atoms. The number of rotatable bonds is 3. The molecule has 2 aliphatic heterocycles. The molecule has 3 rings (SSSR count). The molecule has 3 aliphatic rings. The Morgan fingerprint density at radius 2 is 2.00 bits per heavy atom. The molecule has 3 fully saturated rings. The third-order valence-electron chi connectivity index (χ3n) is 4.66. The molecular formula is C16H28N2O4. The van der Waals surface area contributed by atoms with Crippen LogP contribution in [0, 0.1) is 5.92 Å². The lowest BCUT2D eigenvalue weighted by Gasteiger charge is -2.54. The Kier molecular flexibility index (Phi) is 4.61. The summed E-state index contributed by atoms with van der Waals surface area (Å²) in [4.78, 5) is 12.1. The first-order valence-electron chi connectivity index (χ1n) is 8.39. The van der Waals surface area contributed by atoms with Crippen molar-refractivity contribution in [1.29, 1.82) is 0 Å². The second kappa shape index (κ2) is 6.34. The second-order valence-electron chi connectivity index (χ2n) is 7.57. The number of ether oxygens (including phenoxy) is 3. The molecule has 0 aromatic rings. The Balaban J connectivity index is 1.59. The highest BCUT2D eigenvalue weighted by Gasteiger charge is 2.53. The van der Waals surface area contributed by atoms with Gasteiger partial charge in [-0.2, -0.15) is 0 Å². The first kappa shape index (κ1) is 16.0. The van der Waals surface area contributed by atoms with Gasteiger partial charge in [-0.25, -0.2) is 4.79 Å². The van der Waals surface area contributed by atoms with Gasteiger partial charge in [0.05, 0.1) is 24.8 Å². The first-order valence-corrected chi connectivity index (χ1v) is 8.39. The van der Waals surface area contributed by atoms with Crippen LogP contribution in [0.25, 0.3) is 0 Å². The van der Waals surface area contributed by atoms with Crippen LogP contribution in [-0.4, -0.2) is 55.7 Å². The quantitative estimate of drug-likeness (QED) is 0.825. The zero-order valence-electron chi connectivity index (χ0n) is 13.8. The fourth-order valence-corrected chi connectivity index (χ4v) is 3.68. The molecule has 0 aromatic carbocycles. The van der Waals surface area contributed by atoms with E-state index in [2.05, 4.69) is 10.6 Å². The van der Waals surface area contributed by atoms with Crippen molar-refractivity contribution in [1.82, 2.24) is 10.6 Å². The summed E-state index contributed by atoms with van der Waals surface area (Å²) in [7, 11) is 0. The number of alkyl carbamates (subject to hydrolysis) is 1. The number of hydrogen-bond donors (Lipinski definition) is 2. The summed E-state index contributed by atoms with van der Waals surface area (Å²) in [6.45, 7) is 8.01. The average molecular weight is 312 g/mol. The van der Waals surface area contributed by atoms with E-state index < -0.39 is 5.60 Å². The minimum atomic E-state index is -0.474. The molecule has 1 amide bonds. The third-order valence-corrected chi connectivity index (χ3v) is 4.66. The van der Waals surface area contributed by atoms with Crippen molar-refractivity contribution in [3.05, 3.63) is 0 Å². The second-order valence-corrected chi connectivity index (χ2v) is 7.57. The van der Waals surface area contributed by atoms with E-state index in [4.69, 9.17) is 14.2 Å². The smallest absolute Gasteiger partial charge is 0.407 e. The van der Waals surface area contributed by atoms with Crippen LogP contribution in [-0.2, 0) is 14.2 Å². The highest BCUT2D eigenvalue weighted by Crippen LogP contribution is 2.39. The zero-order chi connectivity index (χ0) is 15.7. The minimum Gasteiger partial charge on any atom is -0.444 e. The number of fused-ring (bicyclic) bond motifs is 1. The molecule has 0 radical (unpaired) electrons. The molecule has 22 heavy (non-hydrogen) atoms. The van der Waals surface area contributed by atoms with Crippen molar-refractivity contribution < 1.29 is 19.0 Å². The largest absolute Gasteiger partial charge is 0.444 e. The molecule has 126 valence electrons. The summed E-state index contributed by atoms with van der Waals surface area (Å²) in [5, 5.41) is 6.66. The number of carbonyl (C=O) groups excluding carboxylic acids is 1. The minimum absolute atomic E-state index is 0.0840. The van der Waals surface area contributed by atoms with Gasteiger partial charge >= 0.3 is 6.09 Å². The monoisotopic (exact) mass is 312 g/mol. The van der Waals surface area contributed by atoms with Gasteiger partial charge < -0.3 is 24.8 Å². The van der Waals surface area contributed by atoms with Crippen LogP contribution < -0.4 is 10.6 Å². The van der Waals surface area contributed by atoms with Crippen LogP contribution in [0.4, 0.5) is 4.79 Å². The average Bonchev–Trinajstić information content (AvgIpc) is 2.94. The van der Waals surface area contributed by atoms with E-state index in [0.717, 1.165) is 39.1 Å². The van der Waals surface area contributed by atoms with Crippen molar-refractivity contribution in [2.75, 3.05) is 19.8 Å². The molecule has 0 spiro atoms. The number of hydrogen-bond acceptors (Lipinski definition) is 5. The van der Waals surface area contributed by atoms with Crippen molar-refractivity contribution in [2.45, 2.75) is 69.9 Å². The lowest BCUT2D eigenvalue weighted by atomic mass is 9.68. The molecule has 2 heterocycles. The summed E-state index contributed by atoms with van der Waals surface area (Å²) >= 11 is 0. The van der Waals surface area contributed by atoms with Crippen LogP contribution in [0.5, 0.6) is 0 Å². The normalized spacial score (nSPS) is 38.0. The molecule has 1 saturated carbocycles. The van der Waals surface area contributed by atoms with E-state index in [9.17, 15) is 4.79 Å². The van der Waals surface area contributed by atoms with Gasteiger partial charge in [-0.3, -0.25) is 0 Å². The number of carbonyl (C=O) groups is 1. The molecule has 0 aromatic heterocycles. The van der Waals surface area contributed by atoms with Gasteiger partial charge in [-0.05, 0) is 40.0 Å². The Hall–Kier alpha value is -0.850. The molecule has 2 N–H and O–H groups in total. The summed E-state index contributed by atoms with van der Waals surface area (Å²) in [6.07, 6.45) is 3.05. The maximum Gasteiger partial charge on any atom is 0.407 e. The Labute approximate surface area is 132 Å².